The molecule has 23 heavy (non-hydrogen) atoms. The van der Waals surface area contributed by atoms with Gasteiger partial charge in [0.2, 0.25) is 11.8 Å². The van der Waals surface area contributed by atoms with Crippen LogP contribution in [0.4, 0.5) is 0 Å². The van der Waals surface area contributed by atoms with Crippen molar-refractivity contribution in [1.29, 1.82) is 0 Å². The van der Waals surface area contributed by atoms with E-state index in [1.165, 1.54) is 0 Å². The number of carbonyl (C=O) groups is 2. The van der Waals surface area contributed by atoms with Gasteiger partial charge in [-0.15, -0.1) is 0 Å². The smallest absolute Gasteiger partial charge is 0.239 e. The van der Waals surface area contributed by atoms with Gasteiger partial charge in [0, 0.05) is 6.54 Å². The first-order valence-electron chi connectivity index (χ1n) is 7.67. The van der Waals surface area contributed by atoms with Gasteiger partial charge in [0.05, 0.1) is 13.0 Å². The molecular weight excluding hydrogens is 288 g/mol. The molecule has 2 N–H and O–H groups in total. The first-order valence-corrected chi connectivity index (χ1v) is 7.67. The minimum Gasteiger partial charge on any atom is -0.350 e. The summed E-state index contributed by atoms with van der Waals surface area (Å²) in [6, 6.07) is 15.7. The van der Waals surface area contributed by atoms with Gasteiger partial charge in [-0.1, -0.05) is 59.7 Å². The molecule has 0 radical (unpaired) electrons. The van der Waals surface area contributed by atoms with E-state index in [1.807, 2.05) is 62.4 Å². The van der Waals surface area contributed by atoms with Crippen LogP contribution >= 0.6 is 0 Å². The summed E-state index contributed by atoms with van der Waals surface area (Å²) in [5.74, 6) is -0.344. The highest BCUT2D eigenvalue weighted by Crippen LogP contribution is 2.04. The van der Waals surface area contributed by atoms with E-state index >= 15 is 0 Å². The van der Waals surface area contributed by atoms with Gasteiger partial charge in [-0.2, -0.15) is 0 Å². The second-order valence-corrected chi connectivity index (χ2v) is 5.70. The van der Waals surface area contributed by atoms with Gasteiger partial charge in [-0.25, -0.2) is 0 Å². The van der Waals surface area contributed by atoms with Crippen LogP contribution in [0.15, 0.2) is 48.5 Å². The Hall–Kier alpha value is -2.62. The van der Waals surface area contributed by atoms with Crippen molar-refractivity contribution in [3.63, 3.8) is 0 Å². The molecule has 0 aromatic heterocycles. The minimum absolute atomic E-state index is 0.00346. The predicted octanol–water partition coefficient (Wildman–Crippen LogP) is 2.28. The van der Waals surface area contributed by atoms with Crippen molar-refractivity contribution in [3.8, 4) is 0 Å². The van der Waals surface area contributed by atoms with Crippen molar-refractivity contribution in [3.05, 3.63) is 70.8 Å². The molecule has 4 nitrogen and oxygen atoms in total. The molecule has 0 atom stereocenters. The molecule has 0 aliphatic heterocycles. The highest BCUT2D eigenvalue weighted by molar-refractivity contribution is 5.85. The Kier molecular flexibility index (Phi) is 5.92. The maximum Gasteiger partial charge on any atom is 0.239 e. The molecule has 0 bridgehead atoms. The van der Waals surface area contributed by atoms with Gasteiger partial charge in [-0.3, -0.25) is 9.59 Å². The lowest BCUT2D eigenvalue weighted by molar-refractivity contribution is -0.125. The van der Waals surface area contributed by atoms with Crippen LogP contribution in [0, 0.1) is 13.8 Å². The Morgan fingerprint density at radius 1 is 0.826 bits per heavy atom. The van der Waals surface area contributed by atoms with Gasteiger partial charge >= 0.3 is 0 Å². The summed E-state index contributed by atoms with van der Waals surface area (Å²) in [6.07, 6.45) is 0.283. The molecule has 0 unspecified atom stereocenters. The van der Waals surface area contributed by atoms with Crippen LogP contribution in [0.5, 0.6) is 0 Å². The summed E-state index contributed by atoms with van der Waals surface area (Å²) in [7, 11) is 0. The van der Waals surface area contributed by atoms with Crippen molar-refractivity contribution in [2.75, 3.05) is 6.54 Å². The molecule has 0 heterocycles. The highest BCUT2D eigenvalue weighted by atomic mass is 16.2. The molecule has 0 spiro atoms. The highest BCUT2D eigenvalue weighted by Gasteiger charge is 2.06. The second-order valence-electron chi connectivity index (χ2n) is 5.70. The number of rotatable bonds is 6. The second kappa shape index (κ2) is 8.13. The fourth-order valence-corrected chi connectivity index (χ4v) is 2.22. The number of nitrogens with one attached hydrogen (secondary N) is 2. The molecule has 4 heteroatoms. The lowest BCUT2D eigenvalue weighted by Gasteiger charge is -2.08. The van der Waals surface area contributed by atoms with Crippen LogP contribution in [0.2, 0.25) is 0 Å². The van der Waals surface area contributed by atoms with Crippen LogP contribution < -0.4 is 10.6 Å². The topological polar surface area (TPSA) is 58.2 Å². The Balaban J connectivity index is 1.71. The van der Waals surface area contributed by atoms with Gasteiger partial charge < -0.3 is 10.6 Å². The summed E-state index contributed by atoms with van der Waals surface area (Å²) in [4.78, 5) is 23.6. The molecule has 0 fully saturated rings. The van der Waals surface area contributed by atoms with E-state index in [4.69, 9.17) is 0 Å². The minimum atomic E-state index is -0.191. The summed E-state index contributed by atoms with van der Waals surface area (Å²) in [5, 5.41) is 5.44. The van der Waals surface area contributed by atoms with Crippen LogP contribution in [-0.2, 0) is 22.6 Å². The molecule has 0 saturated carbocycles. The number of hydrogen-bond donors (Lipinski definition) is 2. The van der Waals surface area contributed by atoms with Gasteiger partial charge in [0.1, 0.15) is 0 Å². The molecule has 2 aromatic rings. The van der Waals surface area contributed by atoms with E-state index < -0.39 is 0 Å². The van der Waals surface area contributed by atoms with E-state index in [9.17, 15) is 9.59 Å². The third-order valence-corrected chi connectivity index (χ3v) is 3.50. The SMILES string of the molecule is Cc1ccc(CC(=O)NCC(=O)NCc2cccc(C)c2)cc1. The number of hydrogen-bond acceptors (Lipinski definition) is 2. The quantitative estimate of drug-likeness (QED) is 0.860. The predicted molar refractivity (Wildman–Crippen MR) is 90.9 cm³/mol. The largest absolute Gasteiger partial charge is 0.350 e. The Labute approximate surface area is 136 Å². The molecule has 120 valence electrons. The van der Waals surface area contributed by atoms with Crippen LogP contribution in [0.1, 0.15) is 22.3 Å². The summed E-state index contributed by atoms with van der Waals surface area (Å²) < 4.78 is 0. The zero-order chi connectivity index (χ0) is 16.7. The van der Waals surface area contributed by atoms with E-state index in [0.29, 0.717) is 6.54 Å². The molecule has 2 rings (SSSR count). The van der Waals surface area contributed by atoms with Gasteiger partial charge in [0.15, 0.2) is 0 Å². The summed E-state index contributed by atoms with van der Waals surface area (Å²) >= 11 is 0. The van der Waals surface area contributed by atoms with Gasteiger partial charge in [-0.05, 0) is 25.0 Å². The average Bonchev–Trinajstić information content (AvgIpc) is 2.53. The normalized spacial score (nSPS) is 10.2. The monoisotopic (exact) mass is 310 g/mol. The first kappa shape index (κ1) is 16.7. The number of aryl methyl sites for hydroxylation is 2. The van der Waals surface area contributed by atoms with Crippen LogP contribution in [0.25, 0.3) is 0 Å². The lowest BCUT2D eigenvalue weighted by atomic mass is 10.1. The molecule has 2 amide bonds. The van der Waals surface area contributed by atoms with Crippen LogP contribution in [0.3, 0.4) is 0 Å². The van der Waals surface area contributed by atoms with Gasteiger partial charge in [0.25, 0.3) is 0 Å². The van der Waals surface area contributed by atoms with E-state index in [-0.39, 0.29) is 24.8 Å². The Morgan fingerprint density at radius 2 is 1.57 bits per heavy atom. The number of carbonyl (C=O) groups excluding carboxylic acids is 2. The Morgan fingerprint density at radius 3 is 2.26 bits per heavy atom. The molecule has 0 aliphatic rings. The molecule has 0 saturated heterocycles. The van der Waals surface area contributed by atoms with Crippen LogP contribution in [-0.4, -0.2) is 18.4 Å². The zero-order valence-corrected chi connectivity index (χ0v) is 13.6. The molecule has 0 aliphatic carbocycles. The van der Waals surface area contributed by atoms with E-state index in [0.717, 1.165) is 22.3 Å². The Bertz CT molecular complexity index is 678. The standard InChI is InChI=1S/C19H22N2O2/c1-14-6-8-16(9-7-14)11-18(22)21-13-19(23)20-12-17-5-3-4-15(2)10-17/h3-10H,11-13H2,1-2H3,(H,20,23)(H,21,22). The fraction of sp³-hybridized carbons (Fsp3) is 0.263. The van der Waals surface area contributed by atoms with E-state index in [1.54, 1.807) is 0 Å². The van der Waals surface area contributed by atoms with Crippen molar-refractivity contribution in [2.45, 2.75) is 26.8 Å². The van der Waals surface area contributed by atoms with Crippen molar-refractivity contribution >= 4 is 11.8 Å². The van der Waals surface area contributed by atoms with Crippen molar-refractivity contribution < 1.29 is 9.59 Å². The third kappa shape index (κ3) is 5.94. The maximum atomic E-state index is 11.8. The maximum absolute atomic E-state index is 11.8. The summed E-state index contributed by atoms with van der Waals surface area (Å²) in [6.45, 7) is 4.48. The number of benzene rings is 2. The molecule has 2 aromatic carbocycles. The van der Waals surface area contributed by atoms with Crippen molar-refractivity contribution in [1.82, 2.24) is 10.6 Å². The third-order valence-electron chi connectivity index (χ3n) is 3.50. The number of amides is 2. The van der Waals surface area contributed by atoms with Crippen molar-refractivity contribution in [2.24, 2.45) is 0 Å². The van der Waals surface area contributed by atoms with E-state index in [2.05, 4.69) is 10.6 Å². The summed E-state index contributed by atoms with van der Waals surface area (Å²) in [5.41, 5.74) is 4.30. The average molecular weight is 310 g/mol. The lowest BCUT2D eigenvalue weighted by Crippen LogP contribution is -2.37. The first-order chi connectivity index (χ1) is 11.0. The molecular formula is C19H22N2O2. The fourth-order valence-electron chi connectivity index (χ4n) is 2.22. The zero-order valence-electron chi connectivity index (χ0n) is 13.6.